The SMILES string of the molecule is CCC1CCCC(Nc2ccccc2OC(F)(F)F)C1. The van der Waals surface area contributed by atoms with Crippen LogP contribution in [0.5, 0.6) is 5.75 Å². The van der Waals surface area contributed by atoms with E-state index in [9.17, 15) is 13.2 Å². The molecule has 112 valence electrons. The minimum absolute atomic E-state index is 0.154. The highest BCUT2D eigenvalue weighted by Crippen LogP contribution is 2.33. The minimum atomic E-state index is -4.66. The Morgan fingerprint density at radius 3 is 2.70 bits per heavy atom. The van der Waals surface area contributed by atoms with Crippen molar-refractivity contribution in [2.75, 3.05) is 5.32 Å². The topological polar surface area (TPSA) is 21.3 Å². The second-order valence-corrected chi connectivity index (χ2v) is 5.33. The molecule has 0 heterocycles. The summed E-state index contributed by atoms with van der Waals surface area (Å²) in [5, 5.41) is 3.21. The quantitative estimate of drug-likeness (QED) is 0.844. The Morgan fingerprint density at radius 2 is 2.00 bits per heavy atom. The largest absolute Gasteiger partial charge is 0.573 e. The Balaban J connectivity index is 2.05. The van der Waals surface area contributed by atoms with Crippen molar-refractivity contribution < 1.29 is 17.9 Å². The summed E-state index contributed by atoms with van der Waals surface area (Å²) in [6.45, 7) is 2.16. The van der Waals surface area contributed by atoms with Gasteiger partial charge in [-0.2, -0.15) is 0 Å². The molecular formula is C15H20F3NO. The number of hydrogen-bond donors (Lipinski definition) is 1. The van der Waals surface area contributed by atoms with Crippen LogP contribution < -0.4 is 10.1 Å². The van der Waals surface area contributed by atoms with Crippen LogP contribution in [-0.2, 0) is 0 Å². The van der Waals surface area contributed by atoms with E-state index in [0.717, 1.165) is 25.7 Å². The van der Waals surface area contributed by atoms with Gasteiger partial charge in [0.25, 0.3) is 0 Å². The van der Waals surface area contributed by atoms with Crippen molar-refractivity contribution in [3.05, 3.63) is 24.3 Å². The lowest BCUT2D eigenvalue weighted by Crippen LogP contribution is -2.27. The van der Waals surface area contributed by atoms with Gasteiger partial charge in [-0.05, 0) is 30.9 Å². The molecule has 0 radical (unpaired) electrons. The Kier molecular flexibility index (Phi) is 4.78. The van der Waals surface area contributed by atoms with E-state index >= 15 is 0 Å². The first-order chi connectivity index (χ1) is 9.48. The summed E-state index contributed by atoms with van der Waals surface area (Å²) < 4.78 is 41.2. The molecule has 1 aliphatic rings. The first-order valence-electron chi connectivity index (χ1n) is 7.09. The van der Waals surface area contributed by atoms with Crippen LogP contribution in [0.3, 0.4) is 0 Å². The third-order valence-electron chi connectivity index (χ3n) is 3.83. The Morgan fingerprint density at radius 1 is 1.25 bits per heavy atom. The Labute approximate surface area is 117 Å². The van der Waals surface area contributed by atoms with Gasteiger partial charge in [-0.3, -0.25) is 0 Å². The minimum Gasteiger partial charge on any atom is -0.404 e. The van der Waals surface area contributed by atoms with E-state index in [0.29, 0.717) is 11.6 Å². The number of anilines is 1. The van der Waals surface area contributed by atoms with Gasteiger partial charge in [0.1, 0.15) is 0 Å². The van der Waals surface area contributed by atoms with Crippen LogP contribution in [0.2, 0.25) is 0 Å². The van der Waals surface area contributed by atoms with Crippen LogP contribution in [0.25, 0.3) is 0 Å². The third kappa shape index (κ3) is 4.32. The molecular weight excluding hydrogens is 267 g/mol. The molecule has 1 N–H and O–H groups in total. The highest BCUT2D eigenvalue weighted by molar-refractivity contribution is 5.56. The molecule has 2 rings (SSSR count). The van der Waals surface area contributed by atoms with Crippen LogP contribution in [-0.4, -0.2) is 12.4 Å². The van der Waals surface area contributed by atoms with E-state index < -0.39 is 6.36 Å². The highest BCUT2D eigenvalue weighted by atomic mass is 19.4. The molecule has 0 amide bonds. The van der Waals surface area contributed by atoms with Gasteiger partial charge in [-0.1, -0.05) is 38.3 Å². The maximum absolute atomic E-state index is 12.4. The van der Waals surface area contributed by atoms with Crippen molar-refractivity contribution in [1.82, 2.24) is 0 Å². The number of para-hydroxylation sites is 2. The second kappa shape index (κ2) is 6.37. The molecule has 0 bridgehead atoms. The molecule has 0 spiro atoms. The number of benzene rings is 1. The molecule has 1 aliphatic carbocycles. The predicted octanol–water partition coefficient (Wildman–Crippen LogP) is 4.97. The van der Waals surface area contributed by atoms with Gasteiger partial charge in [0.2, 0.25) is 0 Å². The van der Waals surface area contributed by atoms with E-state index in [4.69, 9.17) is 0 Å². The molecule has 0 saturated heterocycles. The number of nitrogens with one attached hydrogen (secondary N) is 1. The summed E-state index contributed by atoms with van der Waals surface area (Å²) >= 11 is 0. The van der Waals surface area contributed by atoms with Crippen LogP contribution in [0.15, 0.2) is 24.3 Å². The number of alkyl halides is 3. The first-order valence-corrected chi connectivity index (χ1v) is 7.09. The fraction of sp³-hybridized carbons (Fsp3) is 0.600. The van der Waals surface area contributed by atoms with Gasteiger partial charge in [0.15, 0.2) is 5.75 Å². The van der Waals surface area contributed by atoms with Gasteiger partial charge in [0, 0.05) is 6.04 Å². The lowest BCUT2D eigenvalue weighted by atomic mass is 9.84. The summed E-state index contributed by atoms with van der Waals surface area (Å²) in [7, 11) is 0. The highest BCUT2D eigenvalue weighted by Gasteiger charge is 2.32. The van der Waals surface area contributed by atoms with Crippen molar-refractivity contribution in [1.29, 1.82) is 0 Å². The van der Waals surface area contributed by atoms with Crippen molar-refractivity contribution in [3.63, 3.8) is 0 Å². The predicted molar refractivity (Wildman–Crippen MR) is 72.8 cm³/mol. The molecule has 0 aliphatic heterocycles. The Bertz CT molecular complexity index is 433. The van der Waals surface area contributed by atoms with Gasteiger partial charge in [0.05, 0.1) is 5.69 Å². The first kappa shape index (κ1) is 15.0. The maximum atomic E-state index is 12.4. The number of rotatable bonds is 4. The summed E-state index contributed by atoms with van der Waals surface area (Å²) in [6.07, 6.45) is 0.816. The van der Waals surface area contributed by atoms with Crippen LogP contribution in [0, 0.1) is 5.92 Å². The van der Waals surface area contributed by atoms with Gasteiger partial charge in [-0.15, -0.1) is 13.2 Å². The number of ether oxygens (including phenoxy) is 1. The van der Waals surface area contributed by atoms with E-state index in [1.165, 1.54) is 12.5 Å². The van der Waals surface area contributed by atoms with Crippen molar-refractivity contribution in [2.24, 2.45) is 5.92 Å². The molecule has 1 fully saturated rings. The van der Waals surface area contributed by atoms with Crippen LogP contribution in [0.1, 0.15) is 39.0 Å². The average Bonchev–Trinajstić information content (AvgIpc) is 2.40. The van der Waals surface area contributed by atoms with Gasteiger partial charge >= 0.3 is 6.36 Å². The van der Waals surface area contributed by atoms with Crippen molar-refractivity contribution in [3.8, 4) is 5.75 Å². The zero-order chi connectivity index (χ0) is 14.6. The fourth-order valence-electron chi connectivity index (χ4n) is 2.81. The Hall–Kier alpha value is -1.39. The second-order valence-electron chi connectivity index (χ2n) is 5.33. The molecule has 1 aromatic rings. The molecule has 2 unspecified atom stereocenters. The molecule has 2 atom stereocenters. The van der Waals surface area contributed by atoms with Crippen LogP contribution in [0.4, 0.5) is 18.9 Å². The van der Waals surface area contributed by atoms with Crippen molar-refractivity contribution in [2.45, 2.75) is 51.4 Å². The molecule has 0 aromatic heterocycles. The summed E-state index contributed by atoms with van der Waals surface area (Å²) in [5.74, 6) is 0.510. The normalized spacial score (nSPS) is 23.4. The van der Waals surface area contributed by atoms with E-state index in [2.05, 4.69) is 17.0 Å². The molecule has 2 nitrogen and oxygen atoms in total. The standard InChI is InChI=1S/C15H20F3NO/c1-2-11-6-5-7-12(10-11)19-13-8-3-4-9-14(13)20-15(16,17)18/h3-4,8-9,11-12,19H,2,5-7,10H2,1H3. The van der Waals surface area contributed by atoms with Crippen molar-refractivity contribution >= 4 is 5.69 Å². The molecule has 1 aromatic carbocycles. The lowest BCUT2D eigenvalue weighted by molar-refractivity contribution is -0.274. The number of halogens is 3. The third-order valence-corrected chi connectivity index (χ3v) is 3.83. The lowest BCUT2D eigenvalue weighted by Gasteiger charge is -2.30. The average molecular weight is 287 g/mol. The van der Waals surface area contributed by atoms with Gasteiger partial charge in [-0.25, -0.2) is 0 Å². The summed E-state index contributed by atoms with van der Waals surface area (Å²) in [6, 6.07) is 6.46. The summed E-state index contributed by atoms with van der Waals surface area (Å²) in [4.78, 5) is 0. The zero-order valence-electron chi connectivity index (χ0n) is 11.5. The molecule has 20 heavy (non-hydrogen) atoms. The molecule has 5 heteroatoms. The molecule has 1 saturated carbocycles. The van der Waals surface area contributed by atoms with Crippen LogP contribution >= 0.6 is 0 Å². The van der Waals surface area contributed by atoms with E-state index in [-0.39, 0.29) is 11.8 Å². The number of hydrogen-bond acceptors (Lipinski definition) is 2. The van der Waals surface area contributed by atoms with E-state index in [1.807, 2.05) is 0 Å². The monoisotopic (exact) mass is 287 g/mol. The smallest absolute Gasteiger partial charge is 0.404 e. The van der Waals surface area contributed by atoms with Gasteiger partial charge < -0.3 is 10.1 Å². The zero-order valence-corrected chi connectivity index (χ0v) is 11.5. The maximum Gasteiger partial charge on any atom is 0.573 e. The van der Waals surface area contributed by atoms with E-state index in [1.54, 1.807) is 18.2 Å². The summed E-state index contributed by atoms with van der Waals surface area (Å²) in [5.41, 5.74) is 0.423. The fourth-order valence-corrected chi connectivity index (χ4v) is 2.81.